The highest BCUT2D eigenvalue weighted by Gasteiger charge is 2.10. The predicted octanol–water partition coefficient (Wildman–Crippen LogP) is 3.98. The second-order valence-electron chi connectivity index (χ2n) is 4.43. The average Bonchev–Trinajstić information content (AvgIpc) is 2.89. The van der Waals surface area contributed by atoms with Crippen LogP contribution in [-0.4, -0.2) is 20.5 Å². The standard InChI is InChI=1S/C15H11ClN2O2S/c16-13-5-4-11(7-12(13)15(19)20)21-9-10-8-18-6-2-1-3-14(18)17-10/h1-8H,9H2,(H,19,20). The number of nitrogens with zero attached hydrogens (tertiary/aromatic N) is 2. The maximum absolute atomic E-state index is 11.1. The van der Waals surface area contributed by atoms with Gasteiger partial charge in [-0.25, -0.2) is 9.78 Å². The maximum Gasteiger partial charge on any atom is 0.337 e. The molecule has 3 aromatic rings. The minimum absolute atomic E-state index is 0.122. The van der Waals surface area contributed by atoms with E-state index in [-0.39, 0.29) is 10.6 Å². The lowest BCUT2D eigenvalue weighted by atomic mass is 10.2. The SMILES string of the molecule is O=C(O)c1cc(SCc2cn3ccccc3n2)ccc1Cl. The number of halogens is 1. The summed E-state index contributed by atoms with van der Waals surface area (Å²) >= 11 is 7.39. The molecule has 0 aliphatic carbocycles. The molecule has 106 valence electrons. The maximum atomic E-state index is 11.1. The molecular weight excluding hydrogens is 308 g/mol. The van der Waals surface area contributed by atoms with E-state index in [0.717, 1.165) is 16.2 Å². The first-order valence-electron chi connectivity index (χ1n) is 6.22. The minimum Gasteiger partial charge on any atom is -0.478 e. The highest BCUT2D eigenvalue weighted by molar-refractivity contribution is 7.98. The summed E-state index contributed by atoms with van der Waals surface area (Å²) in [6.45, 7) is 0. The number of rotatable bonds is 4. The normalized spacial score (nSPS) is 10.9. The molecule has 2 heterocycles. The number of hydrogen-bond acceptors (Lipinski definition) is 3. The van der Waals surface area contributed by atoms with E-state index in [2.05, 4.69) is 4.98 Å². The molecule has 6 heteroatoms. The molecule has 0 amide bonds. The van der Waals surface area contributed by atoms with Crippen molar-refractivity contribution < 1.29 is 9.90 Å². The number of pyridine rings is 1. The predicted molar refractivity (Wildman–Crippen MR) is 83.2 cm³/mol. The number of hydrogen-bond donors (Lipinski definition) is 1. The third-order valence-corrected chi connectivity index (χ3v) is 4.33. The van der Waals surface area contributed by atoms with Crippen LogP contribution >= 0.6 is 23.4 Å². The van der Waals surface area contributed by atoms with Gasteiger partial charge in [-0.3, -0.25) is 0 Å². The fraction of sp³-hybridized carbons (Fsp3) is 0.0667. The van der Waals surface area contributed by atoms with Gasteiger partial charge in [-0.2, -0.15) is 0 Å². The molecule has 2 aromatic heterocycles. The van der Waals surface area contributed by atoms with Gasteiger partial charge in [-0.05, 0) is 30.3 Å². The third-order valence-electron chi connectivity index (χ3n) is 2.97. The van der Waals surface area contributed by atoms with E-state index < -0.39 is 5.97 Å². The van der Waals surface area contributed by atoms with Gasteiger partial charge in [0.25, 0.3) is 0 Å². The molecule has 1 aromatic carbocycles. The Morgan fingerprint density at radius 3 is 2.95 bits per heavy atom. The van der Waals surface area contributed by atoms with Crippen LogP contribution in [0.3, 0.4) is 0 Å². The van der Waals surface area contributed by atoms with Crippen molar-refractivity contribution in [3.05, 3.63) is 65.1 Å². The molecule has 0 aliphatic rings. The molecule has 21 heavy (non-hydrogen) atoms. The van der Waals surface area contributed by atoms with Crippen LogP contribution in [0.2, 0.25) is 5.02 Å². The number of fused-ring (bicyclic) bond motifs is 1. The van der Waals surface area contributed by atoms with Gasteiger partial charge in [-0.15, -0.1) is 11.8 Å². The van der Waals surface area contributed by atoms with Gasteiger partial charge in [0, 0.05) is 23.0 Å². The molecule has 0 unspecified atom stereocenters. The number of imidazole rings is 1. The van der Waals surface area contributed by atoms with E-state index in [1.807, 2.05) is 41.1 Å². The van der Waals surface area contributed by atoms with E-state index in [1.165, 1.54) is 11.8 Å². The third kappa shape index (κ3) is 3.04. The Labute approximate surface area is 130 Å². The summed E-state index contributed by atoms with van der Waals surface area (Å²) in [5.74, 6) is -0.349. The number of aromatic nitrogens is 2. The Balaban J connectivity index is 1.78. The first kappa shape index (κ1) is 14.0. The lowest BCUT2D eigenvalue weighted by Crippen LogP contribution is -1.97. The Hall–Kier alpha value is -1.98. The number of carboxylic acid groups (broad SMARTS) is 1. The van der Waals surface area contributed by atoms with E-state index in [0.29, 0.717) is 5.75 Å². The molecule has 0 atom stereocenters. The summed E-state index contributed by atoms with van der Waals surface area (Å²) in [5.41, 5.74) is 1.96. The fourth-order valence-corrected chi connectivity index (χ4v) is 2.99. The summed E-state index contributed by atoms with van der Waals surface area (Å²) in [4.78, 5) is 16.4. The molecule has 0 aliphatic heterocycles. The second kappa shape index (κ2) is 5.79. The van der Waals surface area contributed by atoms with Gasteiger partial charge in [0.1, 0.15) is 5.65 Å². The number of carbonyl (C=O) groups is 1. The fourth-order valence-electron chi connectivity index (χ4n) is 1.97. The number of carboxylic acids is 1. The molecular formula is C15H11ClN2O2S. The van der Waals surface area contributed by atoms with Crippen molar-refractivity contribution in [3.8, 4) is 0 Å². The first-order chi connectivity index (χ1) is 10.1. The molecule has 0 saturated carbocycles. The summed E-state index contributed by atoms with van der Waals surface area (Å²) in [5, 5.41) is 9.31. The van der Waals surface area contributed by atoms with Crippen LogP contribution in [0, 0.1) is 0 Å². The van der Waals surface area contributed by atoms with Crippen LogP contribution < -0.4 is 0 Å². The monoisotopic (exact) mass is 318 g/mol. The second-order valence-corrected chi connectivity index (χ2v) is 5.89. The largest absolute Gasteiger partial charge is 0.478 e. The van der Waals surface area contributed by atoms with Gasteiger partial charge >= 0.3 is 5.97 Å². The molecule has 1 N–H and O–H groups in total. The van der Waals surface area contributed by atoms with Gasteiger partial charge < -0.3 is 9.51 Å². The van der Waals surface area contributed by atoms with Crippen LogP contribution in [0.4, 0.5) is 0 Å². The Kier molecular flexibility index (Phi) is 3.86. The lowest BCUT2D eigenvalue weighted by molar-refractivity contribution is 0.0697. The Morgan fingerprint density at radius 1 is 1.33 bits per heavy atom. The highest BCUT2D eigenvalue weighted by Crippen LogP contribution is 2.27. The van der Waals surface area contributed by atoms with Crippen LogP contribution in [-0.2, 0) is 5.75 Å². The smallest absolute Gasteiger partial charge is 0.337 e. The number of aromatic carboxylic acids is 1. The van der Waals surface area contributed by atoms with Gasteiger partial charge in [0.2, 0.25) is 0 Å². The van der Waals surface area contributed by atoms with Crippen molar-refractivity contribution >= 4 is 35.0 Å². The Bertz CT molecular complexity index is 783. The van der Waals surface area contributed by atoms with Crippen molar-refractivity contribution in [1.29, 1.82) is 0 Å². The molecule has 0 saturated heterocycles. The van der Waals surface area contributed by atoms with E-state index >= 15 is 0 Å². The van der Waals surface area contributed by atoms with E-state index in [1.54, 1.807) is 12.1 Å². The summed E-state index contributed by atoms with van der Waals surface area (Å²) in [6, 6.07) is 10.8. The quantitative estimate of drug-likeness (QED) is 0.739. The molecule has 0 bridgehead atoms. The van der Waals surface area contributed by atoms with Crippen LogP contribution in [0.5, 0.6) is 0 Å². The van der Waals surface area contributed by atoms with E-state index in [4.69, 9.17) is 16.7 Å². The van der Waals surface area contributed by atoms with Crippen molar-refractivity contribution in [2.45, 2.75) is 10.6 Å². The van der Waals surface area contributed by atoms with Gasteiger partial charge in [-0.1, -0.05) is 17.7 Å². The van der Waals surface area contributed by atoms with Crippen LogP contribution in [0.15, 0.2) is 53.7 Å². The average molecular weight is 319 g/mol. The molecule has 0 fully saturated rings. The topological polar surface area (TPSA) is 54.6 Å². The van der Waals surface area contributed by atoms with Gasteiger partial charge in [0.05, 0.1) is 16.3 Å². The summed E-state index contributed by atoms with van der Waals surface area (Å²) < 4.78 is 1.96. The first-order valence-corrected chi connectivity index (χ1v) is 7.58. The summed E-state index contributed by atoms with van der Waals surface area (Å²) in [6.07, 6.45) is 3.91. The number of thioether (sulfide) groups is 1. The van der Waals surface area contributed by atoms with E-state index in [9.17, 15) is 4.79 Å². The Morgan fingerprint density at radius 2 is 2.19 bits per heavy atom. The van der Waals surface area contributed by atoms with Crippen molar-refractivity contribution in [2.75, 3.05) is 0 Å². The lowest BCUT2D eigenvalue weighted by Gasteiger charge is -2.03. The summed E-state index contributed by atoms with van der Waals surface area (Å²) in [7, 11) is 0. The molecule has 4 nitrogen and oxygen atoms in total. The van der Waals surface area contributed by atoms with Crippen molar-refractivity contribution in [1.82, 2.24) is 9.38 Å². The zero-order valence-electron chi connectivity index (χ0n) is 10.9. The zero-order chi connectivity index (χ0) is 14.8. The van der Waals surface area contributed by atoms with Crippen molar-refractivity contribution in [3.63, 3.8) is 0 Å². The van der Waals surface area contributed by atoms with Gasteiger partial charge in [0.15, 0.2) is 0 Å². The number of benzene rings is 1. The van der Waals surface area contributed by atoms with Crippen LogP contribution in [0.25, 0.3) is 5.65 Å². The molecule has 0 radical (unpaired) electrons. The zero-order valence-corrected chi connectivity index (χ0v) is 12.4. The minimum atomic E-state index is -1.02. The highest BCUT2D eigenvalue weighted by atomic mass is 35.5. The van der Waals surface area contributed by atoms with Crippen molar-refractivity contribution in [2.24, 2.45) is 0 Å². The molecule has 0 spiro atoms. The molecule has 3 rings (SSSR count). The van der Waals surface area contributed by atoms with Crippen LogP contribution in [0.1, 0.15) is 16.1 Å².